The molecule has 1 aliphatic heterocycles. The second kappa shape index (κ2) is 4.13. The van der Waals surface area contributed by atoms with E-state index in [1.807, 2.05) is 6.92 Å². The maximum Gasteiger partial charge on any atom is 0.124 e. The lowest BCUT2D eigenvalue weighted by Gasteiger charge is -2.17. The second-order valence-electron chi connectivity index (χ2n) is 4.38. The highest BCUT2D eigenvalue weighted by atomic mass is 16.5. The first-order valence-corrected chi connectivity index (χ1v) is 5.73. The van der Waals surface area contributed by atoms with Crippen LogP contribution in [0.2, 0.25) is 0 Å². The lowest BCUT2D eigenvalue weighted by molar-refractivity contribution is 0.332. The Morgan fingerprint density at radius 3 is 2.93 bits per heavy atom. The first-order valence-electron chi connectivity index (χ1n) is 5.73. The third kappa shape index (κ3) is 1.81. The van der Waals surface area contributed by atoms with Gasteiger partial charge >= 0.3 is 0 Å². The maximum atomic E-state index is 5.69. The van der Waals surface area contributed by atoms with Crippen LogP contribution in [0.4, 0.5) is 5.69 Å². The first kappa shape index (κ1) is 10.3. The van der Waals surface area contributed by atoms with Gasteiger partial charge in [-0.3, -0.25) is 0 Å². The highest BCUT2D eigenvalue weighted by Gasteiger charge is 2.27. The van der Waals surface area contributed by atoms with E-state index >= 15 is 0 Å². The van der Waals surface area contributed by atoms with Gasteiger partial charge in [0, 0.05) is 23.7 Å². The van der Waals surface area contributed by atoms with Crippen molar-refractivity contribution in [3.05, 3.63) is 23.8 Å². The van der Waals surface area contributed by atoms with Crippen LogP contribution in [0.1, 0.15) is 32.3 Å². The molecule has 2 nitrogen and oxygen atoms in total. The third-order valence-electron chi connectivity index (χ3n) is 3.05. The summed E-state index contributed by atoms with van der Waals surface area (Å²) in [5.41, 5.74) is 2.62. The molecule has 1 aliphatic rings. The van der Waals surface area contributed by atoms with Gasteiger partial charge in [0.1, 0.15) is 5.75 Å². The number of fused-ring (bicyclic) bond motifs is 1. The van der Waals surface area contributed by atoms with E-state index in [1.165, 1.54) is 11.3 Å². The number of hydrogen-bond acceptors (Lipinski definition) is 2. The van der Waals surface area contributed by atoms with E-state index in [9.17, 15) is 0 Å². The fourth-order valence-corrected chi connectivity index (χ4v) is 2.25. The van der Waals surface area contributed by atoms with Gasteiger partial charge in [-0.15, -0.1) is 0 Å². The molecular weight excluding hydrogens is 186 g/mol. The molecule has 15 heavy (non-hydrogen) atoms. The van der Waals surface area contributed by atoms with Gasteiger partial charge in [-0.1, -0.05) is 19.9 Å². The quantitative estimate of drug-likeness (QED) is 0.817. The molecule has 0 aliphatic carbocycles. The Kier molecular flexibility index (Phi) is 2.85. The van der Waals surface area contributed by atoms with Crippen LogP contribution < -0.4 is 10.1 Å². The van der Waals surface area contributed by atoms with Gasteiger partial charge in [0.2, 0.25) is 0 Å². The van der Waals surface area contributed by atoms with E-state index in [1.54, 1.807) is 0 Å². The predicted molar refractivity (Wildman–Crippen MR) is 63.7 cm³/mol. The molecule has 1 N–H and O–H groups in total. The zero-order chi connectivity index (χ0) is 10.8. The summed E-state index contributed by atoms with van der Waals surface area (Å²) in [5, 5.41) is 3.45. The van der Waals surface area contributed by atoms with Crippen LogP contribution in [-0.2, 0) is 0 Å². The van der Waals surface area contributed by atoms with Crippen LogP contribution in [0, 0.1) is 5.92 Å². The minimum atomic E-state index is 0.586. The summed E-state index contributed by atoms with van der Waals surface area (Å²) < 4.78 is 5.69. The minimum absolute atomic E-state index is 0.586. The van der Waals surface area contributed by atoms with E-state index < -0.39 is 0 Å². The molecule has 0 spiro atoms. The molecule has 1 atom stereocenters. The Morgan fingerprint density at radius 1 is 1.47 bits per heavy atom. The van der Waals surface area contributed by atoms with Crippen molar-refractivity contribution in [2.24, 2.45) is 5.92 Å². The molecule has 0 radical (unpaired) electrons. The molecule has 0 fully saturated rings. The van der Waals surface area contributed by atoms with Gasteiger partial charge in [0.05, 0.1) is 6.61 Å². The van der Waals surface area contributed by atoms with Crippen LogP contribution in [0.3, 0.4) is 0 Å². The van der Waals surface area contributed by atoms with E-state index in [-0.39, 0.29) is 0 Å². The van der Waals surface area contributed by atoms with Gasteiger partial charge in [0.25, 0.3) is 0 Å². The van der Waals surface area contributed by atoms with Crippen LogP contribution >= 0.6 is 0 Å². The van der Waals surface area contributed by atoms with E-state index in [2.05, 4.69) is 37.4 Å². The molecule has 1 aromatic rings. The Labute approximate surface area is 91.6 Å². The summed E-state index contributed by atoms with van der Waals surface area (Å²) >= 11 is 0. The van der Waals surface area contributed by atoms with Crippen LogP contribution in [0.25, 0.3) is 0 Å². The first-order chi connectivity index (χ1) is 7.24. The van der Waals surface area contributed by atoms with Crippen molar-refractivity contribution < 1.29 is 4.74 Å². The van der Waals surface area contributed by atoms with Gasteiger partial charge in [-0.2, -0.15) is 0 Å². The van der Waals surface area contributed by atoms with Crippen LogP contribution in [-0.4, -0.2) is 13.2 Å². The number of anilines is 1. The van der Waals surface area contributed by atoms with Crippen molar-refractivity contribution in [3.8, 4) is 5.75 Å². The monoisotopic (exact) mass is 205 g/mol. The number of nitrogens with one attached hydrogen (secondary N) is 1. The SMILES string of the molecule is CCOc1cccc2c1C(C(C)C)CN2. The van der Waals surface area contributed by atoms with Crippen LogP contribution in [0.5, 0.6) is 5.75 Å². The number of benzene rings is 1. The molecule has 0 saturated heterocycles. The molecule has 0 saturated carbocycles. The zero-order valence-electron chi connectivity index (χ0n) is 9.71. The Bertz CT molecular complexity index is 346. The molecule has 2 heteroatoms. The van der Waals surface area contributed by atoms with Crippen molar-refractivity contribution in [2.75, 3.05) is 18.5 Å². The van der Waals surface area contributed by atoms with E-state index in [0.29, 0.717) is 11.8 Å². The summed E-state index contributed by atoms with van der Waals surface area (Å²) in [4.78, 5) is 0. The molecule has 1 aromatic carbocycles. The predicted octanol–water partition coefficient (Wildman–Crippen LogP) is 3.25. The van der Waals surface area contributed by atoms with Crippen molar-refractivity contribution in [1.82, 2.24) is 0 Å². The fourth-order valence-electron chi connectivity index (χ4n) is 2.25. The van der Waals surface area contributed by atoms with Gasteiger partial charge < -0.3 is 10.1 Å². The highest BCUT2D eigenvalue weighted by Crippen LogP contribution is 2.41. The van der Waals surface area contributed by atoms with Crippen LogP contribution in [0.15, 0.2) is 18.2 Å². The molecule has 0 aromatic heterocycles. The summed E-state index contributed by atoms with van der Waals surface area (Å²) in [6.45, 7) is 8.35. The van der Waals surface area contributed by atoms with Gasteiger partial charge in [0.15, 0.2) is 0 Å². The molecule has 1 heterocycles. The summed E-state index contributed by atoms with van der Waals surface area (Å²) in [7, 11) is 0. The normalized spacial score (nSPS) is 18.8. The summed E-state index contributed by atoms with van der Waals surface area (Å²) in [6, 6.07) is 6.27. The molecular formula is C13H19NO. The third-order valence-corrected chi connectivity index (χ3v) is 3.05. The minimum Gasteiger partial charge on any atom is -0.494 e. The average molecular weight is 205 g/mol. The highest BCUT2D eigenvalue weighted by molar-refractivity contribution is 5.63. The molecule has 2 rings (SSSR count). The van der Waals surface area contributed by atoms with E-state index in [0.717, 1.165) is 18.9 Å². The Morgan fingerprint density at radius 2 is 2.27 bits per heavy atom. The molecule has 0 amide bonds. The largest absolute Gasteiger partial charge is 0.494 e. The Balaban J connectivity index is 2.39. The maximum absolute atomic E-state index is 5.69. The smallest absolute Gasteiger partial charge is 0.124 e. The van der Waals surface area contributed by atoms with Crippen molar-refractivity contribution in [1.29, 1.82) is 0 Å². The summed E-state index contributed by atoms with van der Waals surface area (Å²) in [5.74, 6) is 2.29. The zero-order valence-corrected chi connectivity index (χ0v) is 9.71. The lowest BCUT2D eigenvalue weighted by Crippen LogP contribution is -2.09. The molecule has 1 unspecified atom stereocenters. The number of rotatable bonds is 3. The van der Waals surface area contributed by atoms with Gasteiger partial charge in [-0.25, -0.2) is 0 Å². The van der Waals surface area contributed by atoms with Crippen molar-refractivity contribution in [2.45, 2.75) is 26.7 Å². The fraction of sp³-hybridized carbons (Fsp3) is 0.538. The topological polar surface area (TPSA) is 21.3 Å². The van der Waals surface area contributed by atoms with E-state index in [4.69, 9.17) is 4.74 Å². The average Bonchev–Trinajstić information content (AvgIpc) is 2.62. The lowest BCUT2D eigenvalue weighted by atomic mass is 9.90. The number of hydrogen-bond donors (Lipinski definition) is 1. The molecule has 0 bridgehead atoms. The van der Waals surface area contributed by atoms with Crippen molar-refractivity contribution in [3.63, 3.8) is 0 Å². The summed E-state index contributed by atoms with van der Waals surface area (Å²) in [6.07, 6.45) is 0. The standard InChI is InChI=1S/C13H19NO/c1-4-15-12-7-5-6-11-13(12)10(8-14-11)9(2)3/h5-7,9-10,14H,4,8H2,1-3H3. The second-order valence-corrected chi connectivity index (χ2v) is 4.38. The number of ether oxygens (including phenoxy) is 1. The Hall–Kier alpha value is -1.18. The molecule has 82 valence electrons. The van der Waals surface area contributed by atoms with Gasteiger partial charge in [-0.05, 0) is 25.0 Å². The van der Waals surface area contributed by atoms with Crippen molar-refractivity contribution >= 4 is 5.69 Å².